The molecule has 82 valence electrons. The second-order valence-corrected chi connectivity index (χ2v) is 4.45. The van der Waals surface area contributed by atoms with E-state index in [-0.39, 0.29) is 10.4 Å². The molecular weight excluding hydrogens is 235 g/mol. The fraction of sp³-hybridized carbons (Fsp3) is 0.667. The molecular formula is C9H12Cl2N4. The summed E-state index contributed by atoms with van der Waals surface area (Å²) in [6.07, 6.45) is 5.19. The van der Waals surface area contributed by atoms with E-state index in [1.807, 2.05) is 0 Å². The molecule has 0 aliphatic heterocycles. The third-order valence-corrected chi connectivity index (χ3v) is 3.07. The highest BCUT2D eigenvalue weighted by atomic mass is 35.5. The smallest absolute Gasteiger partial charge is 0.245 e. The van der Waals surface area contributed by atoms with Crippen molar-refractivity contribution in [3.63, 3.8) is 0 Å². The Kier molecular flexibility index (Phi) is 3.59. The summed E-state index contributed by atoms with van der Waals surface area (Å²) in [5, 5.41) is 10.8. The predicted molar refractivity (Wildman–Crippen MR) is 60.3 cm³/mol. The van der Waals surface area contributed by atoms with E-state index in [0.29, 0.717) is 5.82 Å². The van der Waals surface area contributed by atoms with Crippen LogP contribution in [0.1, 0.15) is 25.7 Å². The van der Waals surface area contributed by atoms with Crippen LogP contribution in [0.4, 0.5) is 5.82 Å². The Balaban J connectivity index is 1.94. The summed E-state index contributed by atoms with van der Waals surface area (Å²) < 4.78 is 0. The number of anilines is 1. The van der Waals surface area contributed by atoms with Gasteiger partial charge >= 0.3 is 0 Å². The van der Waals surface area contributed by atoms with Gasteiger partial charge in [-0.3, -0.25) is 0 Å². The highest BCUT2D eigenvalue weighted by Gasteiger charge is 2.15. The Morgan fingerprint density at radius 3 is 2.67 bits per heavy atom. The summed E-state index contributed by atoms with van der Waals surface area (Å²) >= 11 is 11.5. The molecule has 1 saturated carbocycles. The van der Waals surface area contributed by atoms with Crippen molar-refractivity contribution in [3.8, 4) is 0 Å². The molecule has 1 N–H and O–H groups in total. The molecule has 1 fully saturated rings. The lowest BCUT2D eigenvalue weighted by molar-refractivity contribution is 0.578. The SMILES string of the molecule is Clc1nnc(Cl)c(NCC2CCCC2)n1. The molecule has 1 aliphatic carbocycles. The first-order chi connectivity index (χ1) is 7.25. The van der Waals surface area contributed by atoms with Crippen molar-refractivity contribution in [1.29, 1.82) is 0 Å². The Bertz CT molecular complexity index is 339. The standard InChI is InChI=1S/C9H12Cl2N4/c10-7-8(13-9(11)15-14-7)12-5-6-3-1-2-4-6/h6H,1-5H2,(H,12,13,15). The lowest BCUT2D eigenvalue weighted by Gasteiger charge is -2.11. The Morgan fingerprint density at radius 2 is 1.93 bits per heavy atom. The van der Waals surface area contributed by atoms with E-state index in [0.717, 1.165) is 12.5 Å². The summed E-state index contributed by atoms with van der Waals surface area (Å²) in [7, 11) is 0. The molecule has 0 radical (unpaired) electrons. The highest BCUT2D eigenvalue weighted by Crippen LogP contribution is 2.25. The molecule has 0 saturated heterocycles. The minimum absolute atomic E-state index is 0.119. The van der Waals surface area contributed by atoms with Crippen LogP contribution in [0.3, 0.4) is 0 Å². The van der Waals surface area contributed by atoms with Crippen molar-refractivity contribution in [2.24, 2.45) is 5.92 Å². The number of nitrogens with zero attached hydrogens (tertiary/aromatic N) is 3. The van der Waals surface area contributed by atoms with E-state index >= 15 is 0 Å². The van der Waals surface area contributed by atoms with Gasteiger partial charge in [0.25, 0.3) is 0 Å². The molecule has 1 aliphatic rings. The second-order valence-electron chi connectivity index (χ2n) is 3.75. The van der Waals surface area contributed by atoms with Gasteiger partial charge in [0.1, 0.15) is 0 Å². The topological polar surface area (TPSA) is 50.7 Å². The minimum atomic E-state index is 0.119. The largest absolute Gasteiger partial charge is 0.367 e. The molecule has 6 heteroatoms. The number of aromatic nitrogens is 3. The molecule has 0 atom stereocenters. The Hall–Kier alpha value is -0.610. The van der Waals surface area contributed by atoms with Gasteiger partial charge in [-0.15, -0.1) is 10.2 Å². The molecule has 1 heterocycles. The average molecular weight is 247 g/mol. The molecule has 2 rings (SSSR count). The average Bonchev–Trinajstić information content (AvgIpc) is 2.72. The van der Waals surface area contributed by atoms with E-state index in [1.165, 1.54) is 25.7 Å². The summed E-state index contributed by atoms with van der Waals surface area (Å²) in [5.41, 5.74) is 0. The van der Waals surface area contributed by atoms with Crippen molar-refractivity contribution >= 4 is 29.0 Å². The van der Waals surface area contributed by atoms with Gasteiger partial charge in [0.2, 0.25) is 5.28 Å². The normalized spacial score (nSPS) is 16.9. The van der Waals surface area contributed by atoms with Gasteiger partial charge in [-0.1, -0.05) is 24.4 Å². The van der Waals surface area contributed by atoms with Crippen molar-refractivity contribution < 1.29 is 0 Å². The van der Waals surface area contributed by atoms with Gasteiger partial charge in [-0.05, 0) is 30.4 Å². The van der Waals surface area contributed by atoms with E-state index in [4.69, 9.17) is 23.2 Å². The van der Waals surface area contributed by atoms with Gasteiger partial charge < -0.3 is 5.32 Å². The van der Waals surface area contributed by atoms with Gasteiger partial charge in [-0.2, -0.15) is 4.98 Å². The summed E-state index contributed by atoms with van der Waals surface area (Å²) in [4.78, 5) is 3.98. The predicted octanol–water partition coefficient (Wildman–Crippen LogP) is 2.78. The lowest BCUT2D eigenvalue weighted by atomic mass is 10.1. The molecule has 4 nitrogen and oxygen atoms in total. The van der Waals surface area contributed by atoms with E-state index in [2.05, 4.69) is 20.5 Å². The molecule has 0 bridgehead atoms. The molecule has 0 spiro atoms. The molecule has 0 amide bonds. The van der Waals surface area contributed by atoms with Gasteiger partial charge in [-0.25, -0.2) is 0 Å². The van der Waals surface area contributed by atoms with Crippen LogP contribution in [0.25, 0.3) is 0 Å². The Morgan fingerprint density at radius 1 is 1.20 bits per heavy atom. The fourth-order valence-electron chi connectivity index (χ4n) is 1.86. The third-order valence-electron chi connectivity index (χ3n) is 2.65. The zero-order valence-corrected chi connectivity index (χ0v) is 9.72. The first kappa shape index (κ1) is 10.9. The number of hydrogen-bond donors (Lipinski definition) is 1. The number of hydrogen-bond acceptors (Lipinski definition) is 4. The molecule has 0 aromatic carbocycles. The first-order valence-corrected chi connectivity index (χ1v) is 5.81. The second kappa shape index (κ2) is 4.94. The summed E-state index contributed by atoms with van der Waals surface area (Å²) in [6.45, 7) is 0.884. The van der Waals surface area contributed by atoms with Crippen molar-refractivity contribution in [2.75, 3.05) is 11.9 Å². The van der Waals surface area contributed by atoms with Crippen LogP contribution in [0.2, 0.25) is 10.4 Å². The van der Waals surface area contributed by atoms with Gasteiger partial charge in [0, 0.05) is 6.54 Å². The molecule has 1 aromatic heterocycles. The highest BCUT2D eigenvalue weighted by molar-refractivity contribution is 6.32. The van der Waals surface area contributed by atoms with Gasteiger partial charge in [0.15, 0.2) is 11.0 Å². The molecule has 0 unspecified atom stereocenters. The molecule has 1 aromatic rings. The van der Waals surface area contributed by atoms with Crippen LogP contribution < -0.4 is 5.32 Å². The van der Waals surface area contributed by atoms with Crippen molar-refractivity contribution in [2.45, 2.75) is 25.7 Å². The first-order valence-electron chi connectivity index (χ1n) is 5.05. The zero-order valence-electron chi connectivity index (χ0n) is 8.21. The third kappa shape index (κ3) is 2.92. The monoisotopic (exact) mass is 246 g/mol. The van der Waals surface area contributed by atoms with Crippen molar-refractivity contribution in [3.05, 3.63) is 10.4 Å². The maximum Gasteiger partial charge on any atom is 0.245 e. The number of rotatable bonds is 3. The van der Waals surface area contributed by atoms with E-state index in [9.17, 15) is 0 Å². The van der Waals surface area contributed by atoms with Crippen LogP contribution in [-0.4, -0.2) is 21.7 Å². The summed E-state index contributed by atoms with van der Waals surface area (Å²) in [5.74, 6) is 1.25. The van der Waals surface area contributed by atoms with Crippen LogP contribution in [-0.2, 0) is 0 Å². The van der Waals surface area contributed by atoms with Crippen LogP contribution in [0, 0.1) is 5.92 Å². The minimum Gasteiger partial charge on any atom is -0.367 e. The summed E-state index contributed by atoms with van der Waals surface area (Å²) in [6, 6.07) is 0. The Labute approximate surface area is 98.4 Å². The van der Waals surface area contributed by atoms with E-state index in [1.54, 1.807) is 0 Å². The van der Waals surface area contributed by atoms with E-state index < -0.39 is 0 Å². The zero-order chi connectivity index (χ0) is 10.7. The fourth-order valence-corrected chi connectivity index (χ4v) is 2.13. The molecule has 15 heavy (non-hydrogen) atoms. The lowest BCUT2D eigenvalue weighted by Crippen LogP contribution is -2.13. The van der Waals surface area contributed by atoms with Crippen LogP contribution in [0.15, 0.2) is 0 Å². The van der Waals surface area contributed by atoms with Crippen LogP contribution >= 0.6 is 23.2 Å². The number of halogens is 2. The quantitative estimate of drug-likeness (QED) is 0.892. The maximum absolute atomic E-state index is 5.82. The maximum atomic E-state index is 5.82. The van der Waals surface area contributed by atoms with Gasteiger partial charge in [0.05, 0.1) is 0 Å². The van der Waals surface area contributed by atoms with Crippen molar-refractivity contribution in [1.82, 2.24) is 15.2 Å². The van der Waals surface area contributed by atoms with Crippen LogP contribution in [0.5, 0.6) is 0 Å². The number of nitrogens with one attached hydrogen (secondary N) is 1.